The van der Waals surface area contributed by atoms with E-state index < -0.39 is 0 Å². The summed E-state index contributed by atoms with van der Waals surface area (Å²) in [6.07, 6.45) is 3.63. The first-order chi connectivity index (χ1) is 18.0. The van der Waals surface area contributed by atoms with Crippen molar-refractivity contribution in [1.82, 2.24) is 0 Å². The molecule has 4 aromatic carbocycles. The van der Waals surface area contributed by atoms with Crippen molar-refractivity contribution in [2.45, 2.75) is 12.5 Å². The molecule has 0 aliphatic carbocycles. The van der Waals surface area contributed by atoms with Crippen LogP contribution in [0.4, 0.5) is 0 Å². The number of rotatable bonds is 6. The molecular weight excluding hydrogens is 480 g/mol. The lowest BCUT2D eigenvalue weighted by molar-refractivity contribution is 0.306. The number of alkyl halides is 1. The van der Waals surface area contributed by atoms with Crippen LogP contribution >= 0.6 is 11.6 Å². The highest BCUT2D eigenvalue weighted by atomic mass is 35.5. The molecule has 0 aliphatic heterocycles. The van der Waals surface area contributed by atoms with Crippen molar-refractivity contribution < 1.29 is 9.84 Å². The van der Waals surface area contributed by atoms with Gasteiger partial charge in [0, 0.05) is 5.88 Å². The van der Waals surface area contributed by atoms with Gasteiger partial charge in [-0.3, -0.25) is 0 Å². The van der Waals surface area contributed by atoms with Crippen LogP contribution in [0.25, 0.3) is 12.2 Å². The maximum absolute atomic E-state index is 8.74. The van der Waals surface area contributed by atoms with E-state index in [1.807, 2.05) is 66.8 Å². The minimum absolute atomic E-state index is 0.189. The van der Waals surface area contributed by atoms with E-state index in [2.05, 4.69) is 19.2 Å². The third-order valence-corrected chi connectivity index (χ3v) is 5.28. The monoisotopic (exact) mass is 506 g/mol. The molecular formula is C32H27ClN2O2. The number of phenolic OH excluding ortho intramolecular Hbond substituents is 1. The zero-order valence-electron chi connectivity index (χ0n) is 20.3. The molecule has 1 N–H and O–H groups in total. The van der Waals surface area contributed by atoms with Gasteiger partial charge in [-0.05, 0) is 70.8 Å². The molecule has 4 nitrogen and oxygen atoms in total. The highest BCUT2D eigenvalue weighted by molar-refractivity contribution is 6.17. The third kappa shape index (κ3) is 10.6. The minimum atomic E-state index is 0.189. The van der Waals surface area contributed by atoms with Crippen LogP contribution in [-0.4, -0.2) is 5.11 Å². The Morgan fingerprint density at radius 2 is 1.11 bits per heavy atom. The molecule has 0 bridgehead atoms. The fraction of sp³-hybridized carbons (Fsp3) is 0.0625. The molecule has 0 fully saturated rings. The predicted molar refractivity (Wildman–Crippen MR) is 151 cm³/mol. The second-order valence-corrected chi connectivity index (χ2v) is 7.88. The van der Waals surface area contributed by atoms with Gasteiger partial charge in [0.15, 0.2) is 0 Å². The number of halogens is 1. The van der Waals surface area contributed by atoms with Gasteiger partial charge in [0.05, 0.1) is 23.3 Å². The van der Waals surface area contributed by atoms with Gasteiger partial charge in [-0.1, -0.05) is 73.8 Å². The molecule has 0 saturated carbocycles. The Bertz CT molecular complexity index is 1330. The van der Waals surface area contributed by atoms with Gasteiger partial charge in [-0.25, -0.2) is 0 Å². The number of benzene rings is 4. The second-order valence-electron chi connectivity index (χ2n) is 7.61. The molecule has 37 heavy (non-hydrogen) atoms. The molecule has 0 atom stereocenters. The molecule has 4 aromatic rings. The van der Waals surface area contributed by atoms with E-state index in [-0.39, 0.29) is 5.75 Å². The van der Waals surface area contributed by atoms with Crippen molar-refractivity contribution >= 4 is 23.8 Å². The quantitative estimate of drug-likeness (QED) is 0.268. The van der Waals surface area contributed by atoms with Crippen molar-refractivity contribution in [3.05, 3.63) is 144 Å². The molecule has 0 aliphatic rings. The van der Waals surface area contributed by atoms with Gasteiger partial charge >= 0.3 is 0 Å². The number of ether oxygens (including phenoxy) is 1. The fourth-order valence-corrected chi connectivity index (χ4v) is 3.00. The summed E-state index contributed by atoms with van der Waals surface area (Å²) in [6, 6.07) is 33.3. The smallest absolute Gasteiger partial charge is 0.119 e. The molecule has 0 unspecified atom stereocenters. The summed E-state index contributed by atoms with van der Waals surface area (Å²) >= 11 is 5.60. The minimum Gasteiger partial charge on any atom is -0.508 e. The van der Waals surface area contributed by atoms with Crippen LogP contribution in [0.15, 0.2) is 110 Å². The summed E-state index contributed by atoms with van der Waals surface area (Å²) in [5.74, 6) is 1.54. The van der Waals surface area contributed by atoms with Crippen molar-refractivity contribution in [3.63, 3.8) is 0 Å². The van der Waals surface area contributed by atoms with Crippen LogP contribution in [-0.2, 0) is 12.5 Å². The third-order valence-electron chi connectivity index (χ3n) is 4.97. The fourth-order valence-electron chi connectivity index (χ4n) is 2.82. The van der Waals surface area contributed by atoms with Gasteiger partial charge in [-0.2, -0.15) is 10.5 Å². The largest absolute Gasteiger partial charge is 0.508 e. The first-order valence-electron chi connectivity index (χ1n) is 11.3. The number of hydrogen-bond donors (Lipinski definition) is 1. The van der Waals surface area contributed by atoms with E-state index in [1.165, 1.54) is 12.1 Å². The summed E-state index contributed by atoms with van der Waals surface area (Å²) in [4.78, 5) is 0. The van der Waals surface area contributed by atoms with Gasteiger partial charge in [0.1, 0.15) is 18.1 Å². The maximum atomic E-state index is 8.74. The average Bonchev–Trinajstić information content (AvgIpc) is 2.97. The molecule has 0 aromatic heterocycles. The van der Waals surface area contributed by atoms with Crippen molar-refractivity contribution in [2.75, 3.05) is 0 Å². The number of phenols is 1. The van der Waals surface area contributed by atoms with Crippen molar-refractivity contribution in [3.8, 4) is 23.6 Å². The van der Waals surface area contributed by atoms with E-state index in [9.17, 15) is 0 Å². The van der Waals surface area contributed by atoms with Crippen LogP contribution in [0.3, 0.4) is 0 Å². The summed E-state index contributed by atoms with van der Waals surface area (Å²) in [5, 5.41) is 25.7. The molecule has 0 radical (unpaired) electrons. The maximum Gasteiger partial charge on any atom is 0.119 e. The lowest BCUT2D eigenvalue weighted by atomic mass is 10.1. The standard InChI is InChI=1S/C16H13NO.C9H9Cl.C7H5NO/c1-2-13-3-5-15(6-4-13)12-18-16-9-7-14(11-17)8-10-16;1-2-8-3-5-9(7-10)6-4-8;8-5-6-1-3-7(9)4-2-6/h2-10H,1,12H2;2-6H,1,7H2;1-4,9H. The Labute approximate surface area is 223 Å². The van der Waals surface area contributed by atoms with Crippen LogP contribution in [0.2, 0.25) is 0 Å². The Kier molecular flexibility index (Phi) is 12.3. The topological polar surface area (TPSA) is 77.0 Å². The average molecular weight is 507 g/mol. The zero-order chi connectivity index (χ0) is 26.9. The van der Waals surface area contributed by atoms with Crippen LogP contribution in [0, 0.1) is 22.7 Å². The van der Waals surface area contributed by atoms with E-state index in [4.69, 9.17) is 32.0 Å². The zero-order valence-corrected chi connectivity index (χ0v) is 21.1. The van der Waals surface area contributed by atoms with Gasteiger partial charge in [0.25, 0.3) is 0 Å². The molecule has 184 valence electrons. The van der Waals surface area contributed by atoms with Gasteiger partial charge in [-0.15, -0.1) is 11.6 Å². The molecule has 0 amide bonds. The lowest BCUT2D eigenvalue weighted by Gasteiger charge is -2.06. The Hall–Kier alpha value is -4.77. The van der Waals surface area contributed by atoms with E-state index in [1.54, 1.807) is 36.4 Å². The Morgan fingerprint density at radius 3 is 1.51 bits per heavy atom. The Morgan fingerprint density at radius 1 is 0.676 bits per heavy atom. The highest BCUT2D eigenvalue weighted by Gasteiger charge is 1.97. The van der Waals surface area contributed by atoms with Crippen molar-refractivity contribution in [2.24, 2.45) is 0 Å². The predicted octanol–water partition coefficient (Wildman–Crippen LogP) is 8.11. The second kappa shape index (κ2) is 16.0. The summed E-state index contributed by atoms with van der Waals surface area (Å²) in [7, 11) is 0. The number of nitriles is 2. The SMILES string of the molecule is C=Cc1ccc(CCl)cc1.C=Cc1ccc(COc2ccc(C#N)cc2)cc1.N#Cc1ccc(O)cc1. The highest BCUT2D eigenvalue weighted by Crippen LogP contribution is 2.14. The van der Waals surface area contributed by atoms with Crippen molar-refractivity contribution in [1.29, 1.82) is 10.5 Å². The van der Waals surface area contributed by atoms with Gasteiger partial charge in [0.2, 0.25) is 0 Å². The number of aromatic hydroxyl groups is 1. The summed E-state index contributed by atoms with van der Waals surface area (Å²) < 4.78 is 5.63. The van der Waals surface area contributed by atoms with E-state index in [0.29, 0.717) is 23.6 Å². The van der Waals surface area contributed by atoms with Gasteiger partial charge < -0.3 is 9.84 Å². The van der Waals surface area contributed by atoms with E-state index in [0.717, 1.165) is 28.0 Å². The lowest BCUT2D eigenvalue weighted by Crippen LogP contribution is -1.95. The van der Waals surface area contributed by atoms with Crippen LogP contribution in [0.5, 0.6) is 11.5 Å². The molecule has 4 rings (SSSR count). The first kappa shape index (κ1) is 28.5. The molecule has 0 saturated heterocycles. The Balaban J connectivity index is 0.000000214. The summed E-state index contributed by atoms with van der Waals surface area (Å²) in [6.45, 7) is 7.88. The normalized spacial score (nSPS) is 9.16. The first-order valence-corrected chi connectivity index (χ1v) is 11.9. The molecule has 0 heterocycles. The van der Waals surface area contributed by atoms with Crippen LogP contribution in [0.1, 0.15) is 33.4 Å². The van der Waals surface area contributed by atoms with Crippen LogP contribution < -0.4 is 4.74 Å². The molecule has 5 heteroatoms. The van der Waals surface area contributed by atoms with E-state index >= 15 is 0 Å². The number of nitrogens with zero attached hydrogens (tertiary/aromatic N) is 2. The number of hydrogen-bond acceptors (Lipinski definition) is 4. The molecule has 0 spiro atoms. The summed E-state index contributed by atoms with van der Waals surface area (Å²) in [5.41, 5.74) is 5.67.